The van der Waals surface area contributed by atoms with Crippen molar-refractivity contribution >= 4 is 17.5 Å². The Morgan fingerprint density at radius 1 is 1.33 bits per heavy atom. The molecule has 2 amide bonds. The lowest BCUT2D eigenvalue weighted by Crippen LogP contribution is -2.23. The number of benzene rings is 1. The zero-order valence-electron chi connectivity index (χ0n) is 11.9. The third kappa shape index (κ3) is 5.43. The average Bonchev–Trinajstić information content (AvgIpc) is 2.98. The monoisotopic (exact) mass is 291 g/mol. The predicted molar refractivity (Wildman–Crippen MR) is 80.0 cm³/mol. The molecule has 1 aromatic rings. The van der Waals surface area contributed by atoms with Crippen LogP contribution in [0.3, 0.4) is 0 Å². The van der Waals surface area contributed by atoms with Crippen molar-refractivity contribution in [2.45, 2.75) is 31.7 Å². The SMILES string of the molecule is NC(=O)COc1ccc(NC(=O)CCC2CCCN2)cc1. The van der Waals surface area contributed by atoms with Crippen molar-refractivity contribution in [2.24, 2.45) is 5.73 Å². The predicted octanol–water partition coefficient (Wildman–Crippen LogP) is 1.02. The molecule has 1 aromatic carbocycles. The van der Waals surface area contributed by atoms with Gasteiger partial charge in [0.15, 0.2) is 6.61 Å². The molecule has 1 atom stereocenters. The number of amides is 2. The Labute approximate surface area is 124 Å². The molecule has 0 saturated carbocycles. The van der Waals surface area contributed by atoms with Gasteiger partial charge in [0, 0.05) is 18.2 Å². The lowest BCUT2D eigenvalue weighted by atomic mass is 10.1. The minimum Gasteiger partial charge on any atom is -0.484 e. The van der Waals surface area contributed by atoms with Crippen LogP contribution in [0, 0.1) is 0 Å². The molecule has 1 unspecified atom stereocenters. The number of primary amides is 1. The molecule has 0 spiro atoms. The number of hydrogen-bond donors (Lipinski definition) is 3. The van der Waals surface area contributed by atoms with Gasteiger partial charge in [-0.3, -0.25) is 9.59 Å². The molecular formula is C15H21N3O3. The topological polar surface area (TPSA) is 93.5 Å². The van der Waals surface area contributed by atoms with E-state index in [1.807, 2.05) is 0 Å². The normalized spacial score (nSPS) is 17.4. The number of anilines is 1. The summed E-state index contributed by atoms with van der Waals surface area (Å²) in [6.07, 6.45) is 3.72. The van der Waals surface area contributed by atoms with Crippen LogP contribution in [0.4, 0.5) is 5.69 Å². The number of nitrogens with two attached hydrogens (primary N) is 1. The molecule has 21 heavy (non-hydrogen) atoms. The minimum atomic E-state index is -0.520. The molecule has 0 aromatic heterocycles. The van der Waals surface area contributed by atoms with Crippen LogP contribution in [0.15, 0.2) is 24.3 Å². The van der Waals surface area contributed by atoms with Gasteiger partial charge in [-0.2, -0.15) is 0 Å². The van der Waals surface area contributed by atoms with Crippen LogP contribution in [-0.2, 0) is 9.59 Å². The van der Waals surface area contributed by atoms with E-state index in [1.165, 1.54) is 6.42 Å². The lowest BCUT2D eigenvalue weighted by molar-refractivity contribution is -0.120. The van der Waals surface area contributed by atoms with Crippen LogP contribution in [0.1, 0.15) is 25.7 Å². The second-order valence-electron chi connectivity index (χ2n) is 5.16. The van der Waals surface area contributed by atoms with Crippen molar-refractivity contribution in [1.82, 2.24) is 5.32 Å². The van der Waals surface area contributed by atoms with Crippen molar-refractivity contribution in [3.8, 4) is 5.75 Å². The summed E-state index contributed by atoms with van der Waals surface area (Å²) in [6, 6.07) is 7.33. The summed E-state index contributed by atoms with van der Waals surface area (Å²) < 4.78 is 5.15. The Kier molecular flexibility index (Phi) is 5.57. The molecule has 1 heterocycles. The quantitative estimate of drug-likeness (QED) is 0.699. The first-order chi connectivity index (χ1) is 10.1. The van der Waals surface area contributed by atoms with Gasteiger partial charge in [0.25, 0.3) is 5.91 Å². The van der Waals surface area contributed by atoms with E-state index >= 15 is 0 Å². The Bertz CT molecular complexity index is 481. The van der Waals surface area contributed by atoms with Crippen molar-refractivity contribution in [2.75, 3.05) is 18.5 Å². The highest BCUT2D eigenvalue weighted by Crippen LogP contribution is 2.16. The number of nitrogens with one attached hydrogen (secondary N) is 2. The number of hydrogen-bond acceptors (Lipinski definition) is 4. The van der Waals surface area contributed by atoms with Crippen molar-refractivity contribution in [1.29, 1.82) is 0 Å². The third-order valence-electron chi connectivity index (χ3n) is 3.40. The molecule has 0 bridgehead atoms. The summed E-state index contributed by atoms with van der Waals surface area (Å²) in [6.45, 7) is 0.902. The molecule has 2 rings (SSSR count). The van der Waals surface area contributed by atoms with Crippen molar-refractivity contribution in [3.63, 3.8) is 0 Å². The van der Waals surface area contributed by atoms with E-state index in [-0.39, 0.29) is 12.5 Å². The molecule has 6 nitrogen and oxygen atoms in total. The fraction of sp³-hybridized carbons (Fsp3) is 0.467. The van der Waals surface area contributed by atoms with Crippen LogP contribution in [-0.4, -0.2) is 31.0 Å². The summed E-state index contributed by atoms with van der Waals surface area (Å²) >= 11 is 0. The van der Waals surface area contributed by atoms with E-state index in [9.17, 15) is 9.59 Å². The first-order valence-corrected chi connectivity index (χ1v) is 7.18. The average molecular weight is 291 g/mol. The highest BCUT2D eigenvalue weighted by Gasteiger charge is 2.15. The van der Waals surface area contributed by atoms with Gasteiger partial charge in [-0.25, -0.2) is 0 Å². The Hall–Kier alpha value is -2.08. The van der Waals surface area contributed by atoms with Gasteiger partial charge in [-0.15, -0.1) is 0 Å². The molecule has 0 radical (unpaired) electrons. The Morgan fingerprint density at radius 3 is 2.71 bits per heavy atom. The summed E-state index contributed by atoms with van der Waals surface area (Å²) in [4.78, 5) is 22.4. The van der Waals surface area contributed by atoms with Crippen molar-refractivity contribution in [3.05, 3.63) is 24.3 Å². The minimum absolute atomic E-state index is 0.00880. The maximum absolute atomic E-state index is 11.8. The van der Waals surface area contributed by atoms with Gasteiger partial charge >= 0.3 is 0 Å². The maximum atomic E-state index is 11.8. The molecule has 1 aliphatic heterocycles. The standard InChI is InChI=1S/C15H21N3O3/c16-14(19)10-21-13-6-3-12(4-7-13)18-15(20)8-5-11-2-1-9-17-11/h3-4,6-7,11,17H,1-2,5,8-10H2,(H2,16,19)(H,18,20). The van der Waals surface area contributed by atoms with Crippen LogP contribution in [0.25, 0.3) is 0 Å². The van der Waals surface area contributed by atoms with E-state index in [1.54, 1.807) is 24.3 Å². The first-order valence-electron chi connectivity index (χ1n) is 7.18. The van der Waals surface area contributed by atoms with E-state index in [2.05, 4.69) is 10.6 Å². The highest BCUT2D eigenvalue weighted by molar-refractivity contribution is 5.90. The summed E-state index contributed by atoms with van der Waals surface area (Å²) in [7, 11) is 0. The largest absolute Gasteiger partial charge is 0.484 e. The van der Waals surface area contributed by atoms with Crippen molar-refractivity contribution < 1.29 is 14.3 Å². The fourth-order valence-electron chi connectivity index (χ4n) is 2.32. The molecule has 4 N–H and O–H groups in total. The fourth-order valence-corrected chi connectivity index (χ4v) is 2.32. The number of ether oxygens (including phenoxy) is 1. The van der Waals surface area contributed by atoms with Gasteiger partial charge in [-0.1, -0.05) is 0 Å². The molecule has 114 valence electrons. The zero-order chi connectivity index (χ0) is 15.1. The van der Waals surface area contributed by atoms with Crippen LogP contribution in [0.2, 0.25) is 0 Å². The number of carbonyl (C=O) groups is 2. The third-order valence-corrected chi connectivity index (χ3v) is 3.40. The molecular weight excluding hydrogens is 270 g/mol. The summed E-state index contributed by atoms with van der Waals surface area (Å²) in [5, 5.41) is 6.22. The molecule has 1 fully saturated rings. The second kappa shape index (κ2) is 7.64. The molecule has 0 aliphatic carbocycles. The van der Waals surface area contributed by atoms with E-state index in [4.69, 9.17) is 10.5 Å². The van der Waals surface area contributed by atoms with Gasteiger partial charge < -0.3 is 21.1 Å². The van der Waals surface area contributed by atoms with Gasteiger partial charge in [0.2, 0.25) is 5.91 Å². The van der Waals surface area contributed by atoms with E-state index in [0.29, 0.717) is 23.9 Å². The van der Waals surface area contributed by atoms with Gasteiger partial charge in [-0.05, 0) is 50.1 Å². The Morgan fingerprint density at radius 2 is 2.10 bits per heavy atom. The van der Waals surface area contributed by atoms with Gasteiger partial charge in [0.1, 0.15) is 5.75 Å². The van der Waals surface area contributed by atoms with E-state index < -0.39 is 5.91 Å². The molecule has 6 heteroatoms. The highest BCUT2D eigenvalue weighted by atomic mass is 16.5. The van der Waals surface area contributed by atoms with Crippen LogP contribution >= 0.6 is 0 Å². The smallest absolute Gasteiger partial charge is 0.255 e. The second-order valence-corrected chi connectivity index (χ2v) is 5.16. The van der Waals surface area contributed by atoms with Crippen LogP contribution in [0.5, 0.6) is 5.75 Å². The first kappa shape index (κ1) is 15.3. The molecule has 1 saturated heterocycles. The summed E-state index contributed by atoms with van der Waals surface area (Å²) in [5.74, 6) is 0.0318. The zero-order valence-corrected chi connectivity index (χ0v) is 11.9. The lowest BCUT2D eigenvalue weighted by Gasteiger charge is -2.10. The van der Waals surface area contributed by atoms with Crippen LogP contribution < -0.4 is 21.1 Å². The Balaban J connectivity index is 1.73. The maximum Gasteiger partial charge on any atom is 0.255 e. The van der Waals surface area contributed by atoms with Gasteiger partial charge in [0.05, 0.1) is 0 Å². The number of carbonyl (C=O) groups excluding carboxylic acids is 2. The van der Waals surface area contributed by atoms with E-state index in [0.717, 1.165) is 19.4 Å². The molecule has 1 aliphatic rings. The number of rotatable bonds is 7. The summed E-state index contributed by atoms with van der Waals surface area (Å²) in [5.41, 5.74) is 5.71.